The van der Waals surface area contributed by atoms with Crippen molar-refractivity contribution in [3.05, 3.63) is 29.1 Å². The van der Waals surface area contributed by atoms with E-state index >= 15 is 0 Å². The smallest absolute Gasteiger partial charge is 0.423 e. The predicted octanol–water partition coefficient (Wildman–Crippen LogP) is -0.144. The van der Waals surface area contributed by atoms with Gasteiger partial charge in [-0.3, -0.25) is 4.79 Å². The summed E-state index contributed by atoms with van der Waals surface area (Å²) < 4.78 is 17.9. The van der Waals surface area contributed by atoms with Crippen LogP contribution in [-0.2, 0) is 11.3 Å². The maximum Gasteiger partial charge on any atom is 0.492 e. The van der Waals surface area contributed by atoms with Crippen molar-refractivity contribution in [2.24, 2.45) is 0 Å². The fourth-order valence-corrected chi connectivity index (χ4v) is 1.44. The van der Waals surface area contributed by atoms with Crippen LogP contribution in [0.3, 0.4) is 0 Å². The van der Waals surface area contributed by atoms with Gasteiger partial charge in [0.05, 0.1) is 6.61 Å². The summed E-state index contributed by atoms with van der Waals surface area (Å²) >= 11 is 0. The highest BCUT2D eigenvalue weighted by atomic mass is 19.1. The fraction of sp³-hybridized carbons (Fsp3) is 0.125. The molecule has 0 aliphatic carbocycles. The molecular formula is C8H6BFO3. The normalized spacial score (nSPS) is 14.5. The van der Waals surface area contributed by atoms with Gasteiger partial charge in [-0.1, -0.05) is 0 Å². The second-order valence-corrected chi connectivity index (χ2v) is 2.81. The van der Waals surface area contributed by atoms with Crippen LogP contribution in [0.2, 0.25) is 0 Å². The molecule has 2 rings (SSSR count). The molecular weight excluding hydrogens is 174 g/mol. The van der Waals surface area contributed by atoms with E-state index in [2.05, 4.69) is 0 Å². The molecule has 0 aromatic heterocycles. The lowest BCUT2D eigenvalue weighted by atomic mass is 9.76. The Hall–Kier alpha value is -1.20. The maximum atomic E-state index is 13.1. The molecule has 0 bridgehead atoms. The van der Waals surface area contributed by atoms with Gasteiger partial charge in [-0.05, 0) is 12.1 Å². The van der Waals surface area contributed by atoms with Crippen LogP contribution in [0, 0.1) is 5.82 Å². The van der Waals surface area contributed by atoms with Gasteiger partial charge in [-0.15, -0.1) is 0 Å². The Bertz CT molecular complexity index is 367. The first-order chi connectivity index (χ1) is 6.24. The van der Waals surface area contributed by atoms with E-state index in [1.807, 2.05) is 0 Å². The Morgan fingerprint density at radius 1 is 1.62 bits per heavy atom. The molecule has 0 amide bonds. The molecule has 1 aliphatic heterocycles. The van der Waals surface area contributed by atoms with Gasteiger partial charge < -0.3 is 9.68 Å². The van der Waals surface area contributed by atoms with Crippen molar-refractivity contribution < 1.29 is 18.9 Å². The van der Waals surface area contributed by atoms with Crippen LogP contribution in [-0.4, -0.2) is 18.4 Å². The molecule has 0 atom stereocenters. The molecule has 0 radical (unpaired) electrons. The average molecular weight is 180 g/mol. The standard InChI is InChI=1S/C8H6BFO3/c10-7-2-1-5(3-11)8-6(7)4-13-9(8)12/h1-3,12H,4H2. The second-order valence-electron chi connectivity index (χ2n) is 2.81. The summed E-state index contributed by atoms with van der Waals surface area (Å²) in [6.45, 7) is 0.0179. The molecule has 1 aromatic carbocycles. The molecule has 0 saturated heterocycles. The molecule has 0 unspecified atom stereocenters. The highest BCUT2D eigenvalue weighted by Gasteiger charge is 2.32. The topological polar surface area (TPSA) is 46.5 Å². The van der Waals surface area contributed by atoms with Crippen LogP contribution in [0.5, 0.6) is 0 Å². The third-order valence-electron chi connectivity index (χ3n) is 2.09. The van der Waals surface area contributed by atoms with Crippen LogP contribution in [0.4, 0.5) is 4.39 Å². The second kappa shape index (κ2) is 2.94. The minimum absolute atomic E-state index is 0.0179. The van der Waals surface area contributed by atoms with Crippen molar-refractivity contribution in [2.45, 2.75) is 6.61 Å². The van der Waals surface area contributed by atoms with Crippen molar-refractivity contribution in [1.29, 1.82) is 0 Å². The predicted molar refractivity (Wildman–Crippen MR) is 44.2 cm³/mol. The van der Waals surface area contributed by atoms with E-state index in [0.717, 1.165) is 0 Å². The lowest BCUT2D eigenvalue weighted by Crippen LogP contribution is -2.31. The van der Waals surface area contributed by atoms with Crippen molar-refractivity contribution in [3.63, 3.8) is 0 Å². The van der Waals surface area contributed by atoms with Gasteiger partial charge in [0.2, 0.25) is 0 Å². The van der Waals surface area contributed by atoms with Crippen LogP contribution in [0.25, 0.3) is 0 Å². The highest BCUT2D eigenvalue weighted by molar-refractivity contribution is 6.63. The van der Waals surface area contributed by atoms with Crippen LogP contribution >= 0.6 is 0 Å². The number of carbonyl (C=O) groups is 1. The highest BCUT2D eigenvalue weighted by Crippen LogP contribution is 2.15. The van der Waals surface area contributed by atoms with E-state index < -0.39 is 12.9 Å². The molecule has 3 nitrogen and oxygen atoms in total. The Balaban J connectivity index is 2.66. The number of aldehydes is 1. The quantitative estimate of drug-likeness (QED) is 0.483. The Kier molecular flexibility index (Phi) is 1.90. The number of hydrogen-bond donors (Lipinski definition) is 1. The van der Waals surface area contributed by atoms with Gasteiger partial charge in [0.1, 0.15) is 12.1 Å². The van der Waals surface area contributed by atoms with Crippen LogP contribution < -0.4 is 5.46 Å². The molecule has 0 fully saturated rings. The lowest BCUT2D eigenvalue weighted by molar-refractivity contribution is 0.112. The average Bonchev–Trinajstić information content (AvgIpc) is 2.51. The Morgan fingerprint density at radius 3 is 3.08 bits per heavy atom. The number of carbonyl (C=O) groups excluding carboxylic acids is 1. The summed E-state index contributed by atoms with van der Waals surface area (Å²) in [5, 5.41) is 9.27. The molecule has 1 aromatic rings. The molecule has 0 spiro atoms. The van der Waals surface area contributed by atoms with Gasteiger partial charge >= 0.3 is 7.12 Å². The van der Waals surface area contributed by atoms with Crippen LogP contribution in [0.1, 0.15) is 15.9 Å². The summed E-state index contributed by atoms with van der Waals surface area (Å²) in [5.74, 6) is -0.447. The van der Waals surface area contributed by atoms with Crippen molar-refractivity contribution >= 4 is 18.9 Å². The molecule has 66 valence electrons. The first kappa shape index (κ1) is 8.41. The molecule has 13 heavy (non-hydrogen) atoms. The molecule has 1 aliphatic rings. The van der Waals surface area contributed by atoms with E-state index in [4.69, 9.17) is 4.65 Å². The summed E-state index contributed by atoms with van der Waals surface area (Å²) in [6.07, 6.45) is 0.580. The lowest BCUT2D eigenvalue weighted by Gasteiger charge is -2.02. The van der Waals surface area contributed by atoms with Crippen molar-refractivity contribution in [2.75, 3.05) is 0 Å². The van der Waals surface area contributed by atoms with Gasteiger partial charge in [0, 0.05) is 16.6 Å². The summed E-state index contributed by atoms with van der Waals surface area (Å²) in [4.78, 5) is 10.5. The zero-order chi connectivity index (χ0) is 9.42. The van der Waals surface area contributed by atoms with Gasteiger partial charge in [0.15, 0.2) is 0 Å². The van der Waals surface area contributed by atoms with E-state index in [0.29, 0.717) is 6.29 Å². The van der Waals surface area contributed by atoms with Crippen molar-refractivity contribution in [3.8, 4) is 0 Å². The third-order valence-corrected chi connectivity index (χ3v) is 2.09. The third kappa shape index (κ3) is 1.17. The fourth-order valence-electron chi connectivity index (χ4n) is 1.44. The van der Waals surface area contributed by atoms with Gasteiger partial charge in [0.25, 0.3) is 0 Å². The van der Waals surface area contributed by atoms with Gasteiger partial charge in [-0.25, -0.2) is 4.39 Å². The minimum atomic E-state index is -1.18. The van der Waals surface area contributed by atoms with Crippen LogP contribution in [0.15, 0.2) is 12.1 Å². The van der Waals surface area contributed by atoms with Gasteiger partial charge in [-0.2, -0.15) is 0 Å². The number of fused-ring (bicyclic) bond motifs is 1. The molecule has 1 heterocycles. The van der Waals surface area contributed by atoms with E-state index in [1.165, 1.54) is 12.1 Å². The molecule has 0 saturated carbocycles. The zero-order valence-corrected chi connectivity index (χ0v) is 6.66. The van der Waals surface area contributed by atoms with E-state index in [-0.39, 0.29) is 23.2 Å². The van der Waals surface area contributed by atoms with E-state index in [1.54, 1.807) is 0 Å². The largest absolute Gasteiger partial charge is 0.492 e. The molecule has 5 heteroatoms. The summed E-state index contributed by atoms with van der Waals surface area (Å²) in [6, 6.07) is 2.53. The monoisotopic (exact) mass is 180 g/mol. The minimum Gasteiger partial charge on any atom is -0.423 e. The number of hydrogen-bond acceptors (Lipinski definition) is 3. The molecule has 1 N–H and O–H groups in total. The summed E-state index contributed by atoms with van der Waals surface area (Å²) in [7, 11) is -1.18. The Labute approximate surface area is 74.3 Å². The number of halogens is 1. The van der Waals surface area contributed by atoms with Crippen molar-refractivity contribution in [1.82, 2.24) is 0 Å². The van der Waals surface area contributed by atoms with E-state index in [9.17, 15) is 14.2 Å². The number of benzene rings is 1. The first-order valence-electron chi connectivity index (χ1n) is 3.80. The maximum absolute atomic E-state index is 13.1. The SMILES string of the molecule is O=Cc1ccc(F)c2c1B(O)OC2. The number of rotatable bonds is 1. The first-order valence-corrected chi connectivity index (χ1v) is 3.80. The summed E-state index contributed by atoms with van der Waals surface area (Å²) in [5.41, 5.74) is 0.813. The zero-order valence-electron chi connectivity index (χ0n) is 6.66. The Morgan fingerprint density at radius 2 is 2.38 bits per heavy atom.